The van der Waals surface area contributed by atoms with Crippen LogP contribution in [0.2, 0.25) is 5.02 Å². The maximum Gasteiger partial charge on any atom is 0.255 e. The summed E-state index contributed by atoms with van der Waals surface area (Å²) < 4.78 is 0. The molecule has 0 aliphatic carbocycles. The van der Waals surface area contributed by atoms with Gasteiger partial charge in [-0.05, 0) is 55.0 Å². The molecule has 146 valence electrons. The van der Waals surface area contributed by atoms with Crippen molar-refractivity contribution in [2.24, 2.45) is 0 Å². The van der Waals surface area contributed by atoms with Gasteiger partial charge in [0.25, 0.3) is 5.91 Å². The van der Waals surface area contributed by atoms with E-state index in [4.69, 9.17) is 11.6 Å². The first-order valence-corrected chi connectivity index (χ1v) is 9.49. The van der Waals surface area contributed by atoms with Gasteiger partial charge >= 0.3 is 0 Å². The van der Waals surface area contributed by atoms with Gasteiger partial charge in [0.1, 0.15) is 5.82 Å². The van der Waals surface area contributed by atoms with Crippen molar-refractivity contribution < 1.29 is 4.79 Å². The minimum Gasteiger partial charge on any atom is -0.378 e. The Morgan fingerprint density at radius 1 is 1.14 bits per heavy atom. The van der Waals surface area contributed by atoms with Crippen LogP contribution in [-0.2, 0) is 0 Å². The highest BCUT2D eigenvalue weighted by atomic mass is 35.5. The molecule has 1 amide bonds. The number of pyridine rings is 1. The monoisotopic (exact) mass is 405 g/mol. The van der Waals surface area contributed by atoms with Crippen LogP contribution in [0.25, 0.3) is 22.6 Å². The average Bonchev–Trinajstić information content (AvgIpc) is 3.12. The molecule has 0 fully saturated rings. The summed E-state index contributed by atoms with van der Waals surface area (Å²) in [5, 5.41) is 3.47. The number of carbonyl (C=O) groups excluding carboxylic acids is 1. The fourth-order valence-electron chi connectivity index (χ4n) is 3.05. The Bertz CT molecular complexity index is 1220. The fraction of sp³-hybridized carbons (Fsp3) is 0.136. The van der Waals surface area contributed by atoms with Gasteiger partial charge in [-0.25, -0.2) is 9.97 Å². The van der Waals surface area contributed by atoms with Crippen LogP contribution in [-0.4, -0.2) is 35.0 Å². The molecular weight excluding hydrogens is 386 g/mol. The Kier molecular flexibility index (Phi) is 4.94. The molecular formula is C22H20ClN5O. The fourth-order valence-corrected chi connectivity index (χ4v) is 3.25. The van der Waals surface area contributed by atoms with Gasteiger partial charge in [-0.1, -0.05) is 17.7 Å². The number of anilines is 2. The van der Waals surface area contributed by atoms with E-state index in [1.165, 1.54) is 0 Å². The lowest BCUT2D eigenvalue weighted by Crippen LogP contribution is -2.14. The summed E-state index contributed by atoms with van der Waals surface area (Å²) in [6.07, 6.45) is 1.77. The summed E-state index contributed by atoms with van der Waals surface area (Å²) in [4.78, 5) is 26.8. The van der Waals surface area contributed by atoms with Gasteiger partial charge < -0.3 is 15.2 Å². The van der Waals surface area contributed by atoms with Gasteiger partial charge in [0.15, 0.2) is 5.65 Å². The van der Waals surface area contributed by atoms with Gasteiger partial charge in [-0.3, -0.25) is 4.79 Å². The van der Waals surface area contributed by atoms with Gasteiger partial charge in [0.05, 0.1) is 10.5 Å². The number of fused-ring (bicyclic) bond motifs is 1. The molecule has 0 unspecified atom stereocenters. The minimum absolute atomic E-state index is 0.191. The highest BCUT2D eigenvalue weighted by molar-refractivity contribution is 6.33. The number of aromatic amines is 1. The van der Waals surface area contributed by atoms with Crippen LogP contribution in [0.5, 0.6) is 0 Å². The Hall–Kier alpha value is -3.38. The number of imidazole rings is 1. The lowest BCUT2D eigenvalue weighted by Gasteiger charge is -2.14. The van der Waals surface area contributed by atoms with Crippen molar-refractivity contribution in [1.29, 1.82) is 0 Å². The molecule has 29 heavy (non-hydrogen) atoms. The molecule has 0 saturated heterocycles. The molecule has 4 rings (SSSR count). The maximum absolute atomic E-state index is 12.7. The molecule has 7 heteroatoms. The minimum atomic E-state index is -0.191. The molecule has 2 N–H and O–H groups in total. The standard InChI is InChI=1S/C22H20ClN5O/c1-13-9-19-21(24-12-13)27-20(26-19)17-11-15(7-8-18(17)23)25-22(29)14-5-4-6-16(10-14)28(2)3/h4-12H,1-3H3,(H,25,29)(H,24,26,27). The van der Waals surface area contributed by atoms with Crippen LogP contribution >= 0.6 is 11.6 Å². The van der Waals surface area contributed by atoms with Gasteiger partial charge in [-0.15, -0.1) is 0 Å². The summed E-state index contributed by atoms with van der Waals surface area (Å²) in [7, 11) is 3.87. The number of hydrogen-bond acceptors (Lipinski definition) is 4. The van der Waals surface area contributed by atoms with Gasteiger partial charge in [-0.2, -0.15) is 0 Å². The van der Waals surface area contributed by atoms with Crippen LogP contribution in [0, 0.1) is 6.92 Å². The van der Waals surface area contributed by atoms with E-state index in [0.29, 0.717) is 33.3 Å². The number of H-pyrrole nitrogens is 1. The summed E-state index contributed by atoms with van der Waals surface area (Å²) in [6, 6.07) is 14.7. The van der Waals surface area contributed by atoms with Crippen LogP contribution in [0.4, 0.5) is 11.4 Å². The van der Waals surface area contributed by atoms with E-state index in [9.17, 15) is 4.79 Å². The molecule has 4 aromatic rings. The van der Waals surface area contributed by atoms with Crippen LogP contribution in [0.1, 0.15) is 15.9 Å². The number of nitrogens with zero attached hydrogens (tertiary/aromatic N) is 3. The molecule has 0 atom stereocenters. The highest BCUT2D eigenvalue weighted by Gasteiger charge is 2.13. The van der Waals surface area contributed by atoms with Crippen molar-refractivity contribution >= 4 is 40.0 Å². The zero-order valence-electron chi connectivity index (χ0n) is 16.3. The maximum atomic E-state index is 12.7. The highest BCUT2D eigenvalue weighted by Crippen LogP contribution is 2.30. The number of hydrogen-bond donors (Lipinski definition) is 2. The first-order chi connectivity index (χ1) is 13.9. The third-order valence-corrected chi connectivity index (χ3v) is 4.91. The molecule has 6 nitrogen and oxygen atoms in total. The number of carbonyl (C=O) groups is 1. The number of rotatable bonds is 4. The van der Waals surface area contributed by atoms with E-state index in [2.05, 4.69) is 20.3 Å². The van der Waals surface area contributed by atoms with E-state index in [0.717, 1.165) is 16.8 Å². The SMILES string of the molecule is Cc1cnc2nc(-c3cc(NC(=O)c4cccc(N(C)C)c4)ccc3Cl)[nH]c2c1. The summed E-state index contributed by atoms with van der Waals surface area (Å²) >= 11 is 6.40. The van der Waals surface area contributed by atoms with Crippen molar-refractivity contribution in [2.45, 2.75) is 6.92 Å². The molecule has 0 bridgehead atoms. The predicted octanol–water partition coefficient (Wildman–Crippen LogP) is 4.91. The lowest BCUT2D eigenvalue weighted by atomic mass is 10.1. The molecule has 0 aliphatic rings. The Morgan fingerprint density at radius 2 is 1.97 bits per heavy atom. The number of aryl methyl sites for hydroxylation is 1. The third-order valence-electron chi connectivity index (χ3n) is 4.58. The van der Waals surface area contributed by atoms with Gasteiger partial charge in [0.2, 0.25) is 0 Å². The summed E-state index contributed by atoms with van der Waals surface area (Å²) in [5.41, 5.74) is 5.37. The Labute approximate surface area is 173 Å². The largest absolute Gasteiger partial charge is 0.378 e. The van der Waals surface area contributed by atoms with Crippen LogP contribution < -0.4 is 10.2 Å². The quantitative estimate of drug-likeness (QED) is 0.506. The first-order valence-electron chi connectivity index (χ1n) is 9.12. The Morgan fingerprint density at radius 3 is 2.76 bits per heavy atom. The zero-order chi connectivity index (χ0) is 20.5. The molecule has 2 heterocycles. The number of nitrogens with one attached hydrogen (secondary N) is 2. The van der Waals surface area contributed by atoms with Crippen LogP contribution in [0.15, 0.2) is 54.7 Å². The van der Waals surface area contributed by atoms with Gasteiger partial charge in [0, 0.05) is 42.8 Å². The molecule has 0 spiro atoms. The topological polar surface area (TPSA) is 73.9 Å². The van der Waals surface area contributed by atoms with E-state index < -0.39 is 0 Å². The molecule has 2 aromatic heterocycles. The lowest BCUT2D eigenvalue weighted by molar-refractivity contribution is 0.102. The second-order valence-electron chi connectivity index (χ2n) is 7.06. The molecule has 2 aromatic carbocycles. The predicted molar refractivity (Wildman–Crippen MR) is 118 cm³/mol. The number of halogens is 1. The smallest absolute Gasteiger partial charge is 0.255 e. The summed E-state index contributed by atoms with van der Waals surface area (Å²) in [5.74, 6) is 0.415. The average molecular weight is 406 g/mol. The van der Waals surface area contributed by atoms with E-state index >= 15 is 0 Å². The second-order valence-corrected chi connectivity index (χ2v) is 7.47. The van der Waals surface area contributed by atoms with E-state index in [1.807, 2.05) is 50.2 Å². The van der Waals surface area contributed by atoms with Crippen molar-refractivity contribution in [2.75, 3.05) is 24.3 Å². The summed E-state index contributed by atoms with van der Waals surface area (Å²) in [6.45, 7) is 1.97. The molecule has 0 aliphatic heterocycles. The van der Waals surface area contributed by atoms with E-state index in [-0.39, 0.29) is 5.91 Å². The van der Waals surface area contributed by atoms with Crippen molar-refractivity contribution in [3.05, 3.63) is 70.9 Å². The second kappa shape index (κ2) is 7.56. The number of aromatic nitrogens is 3. The van der Waals surface area contributed by atoms with Crippen LogP contribution in [0.3, 0.4) is 0 Å². The van der Waals surface area contributed by atoms with Crippen molar-refractivity contribution in [3.8, 4) is 11.4 Å². The zero-order valence-corrected chi connectivity index (χ0v) is 17.1. The molecule has 0 saturated carbocycles. The Balaban J connectivity index is 1.64. The molecule has 0 radical (unpaired) electrons. The third kappa shape index (κ3) is 3.93. The normalized spacial score (nSPS) is 10.9. The first kappa shape index (κ1) is 19.0. The van der Waals surface area contributed by atoms with Crippen molar-refractivity contribution in [3.63, 3.8) is 0 Å². The van der Waals surface area contributed by atoms with Crippen molar-refractivity contribution in [1.82, 2.24) is 15.0 Å². The number of benzene rings is 2. The van der Waals surface area contributed by atoms with E-state index in [1.54, 1.807) is 30.5 Å². The number of amides is 1.